The van der Waals surface area contributed by atoms with Gasteiger partial charge in [0.25, 0.3) is 0 Å². The first-order chi connectivity index (χ1) is 10.4. The van der Waals surface area contributed by atoms with Crippen molar-refractivity contribution >= 4 is 17.5 Å². The molecule has 0 fully saturated rings. The number of halogens is 4. The van der Waals surface area contributed by atoms with E-state index in [1.54, 1.807) is 42.5 Å². The van der Waals surface area contributed by atoms with Crippen molar-refractivity contribution < 1.29 is 22.4 Å². The first-order valence-electron chi connectivity index (χ1n) is 6.39. The Morgan fingerprint density at radius 2 is 1.59 bits per heavy atom. The fourth-order valence-electron chi connectivity index (χ4n) is 1.87. The summed E-state index contributed by atoms with van der Waals surface area (Å²) in [6.07, 6.45) is -4.90. The van der Waals surface area contributed by atoms with Crippen molar-refractivity contribution in [3.63, 3.8) is 0 Å². The van der Waals surface area contributed by atoms with Gasteiger partial charge in [0.2, 0.25) is 5.50 Å². The standard InChI is InChI=1S/C16H12F4OS/c17-15(16(18,19)20)22-10-12-8-4-5-9-13(12)14(21)11-6-2-1-3-7-11/h1-9,15H,10H2. The van der Waals surface area contributed by atoms with Gasteiger partial charge in [-0.25, -0.2) is 4.39 Å². The van der Waals surface area contributed by atoms with Crippen LogP contribution in [-0.2, 0) is 5.75 Å². The van der Waals surface area contributed by atoms with Crippen molar-refractivity contribution in [3.8, 4) is 0 Å². The molecule has 2 aromatic rings. The van der Waals surface area contributed by atoms with Gasteiger partial charge in [-0.3, -0.25) is 4.79 Å². The molecule has 0 saturated carbocycles. The number of hydrogen-bond donors (Lipinski definition) is 0. The molecule has 0 bridgehead atoms. The molecule has 6 heteroatoms. The summed E-state index contributed by atoms with van der Waals surface area (Å²) in [5.41, 5.74) is -1.86. The van der Waals surface area contributed by atoms with E-state index >= 15 is 0 Å². The lowest BCUT2D eigenvalue weighted by Crippen LogP contribution is -2.21. The molecule has 2 rings (SSSR count). The molecule has 22 heavy (non-hydrogen) atoms. The van der Waals surface area contributed by atoms with Gasteiger partial charge in [0.05, 0.1) is 0 Å². The Morgan fingerprint density at radius 3 is 2.23 bits per heavy atom. The summed E-state index contributed by atoms with van der Waals surface area (Å²) in [7, 11) is 0. The first-order valence-corrected chi connectivity index (χ1v) is 7.44. The molecule has 0 saturated heterocycles. The van der Waals surface area contributed by atoms with Gasteiger partial charge in [-0.15, -0.1) is 11.8 Å². The van der Waals surface area contributed by atoms with Crippen LogP contribution in [0.5, 0.6) is 0 Å². The lowest BCUT2D eigenvalue weighted by Gasteiger charge is -2.13. The highest BCUT2D eigenvalue weighted by molar-refractivity contribution is 7.99. The maximum atomic E-state index is 13.0. The van der Waals surface area contributed by atoms with Crippen molar-refractivity contribution in [2.45, 2.75) is 17.4 Å². The third-order valence-electron chi connectivity index (χ3n) is 2.94. The summed E-state index contributed by atoms with van der Waals surface area (Å²) in [4.78, 5) is 12.4. The lowest BCUT2D eigenvalue weighted by atomic mass is 9.99. The summed E-state index contributed by atoms with van der Waals surface area (Å²) < 4.78 is 49.6. The normalized spacial score (nSPS) is 12.9. The van der Waals surface area contributed by atoms with Gasteiger partial charge in [0, 0.05) is 16.9 Å². The number of ketones is 1. The van der Waals surface area contributed by atoms with E-state index in [0.717, 1.165) is 0 Å². The number of alkyl halides is 4. The molecule has 0 aliphatic rings. The predicted octanol–water partition coefficient (Wildman–Crippen LogP) is 5.01. The number of hydrogen-bond acceptors (Lipinski definition) is 2. The van der Waals surface area contributed by atoms with E-state index in [2.05, 4.69) is 0 Å². The fourth-order valence-corrected chi connectivity index (χ4v) is 2.64. The lowest BCUT2D eigenvalue weighted by molar-refractivity contribution is -0.154. The summed E-state index contributed by atoms with van der Waals surface area (Å²) in [5, 5.41) is 0. The van der Waals surface area contributed by atoms with Gasteiger partial charge < -0.3 is 0 Å². The molecule has 0 aliphatic carbocycles. The van der Waals surface area contributed by atoms with Crippen molar-refractivity contribution in [1.29, 1.82) is 0 Å². The summed E-state index contributed by atoms with van der Waals surface area (Å²) in [5.74, 6) is -0.519. The third kappa shape index (κ3) is 4.10. The molecule has 1 atom stereocenters. The van der Waals surface area contributed by atoms with E-state index in [-0.39, 0.29) is 28.9 Å². The van der Waals surface area contributed by atoms with Crippen LogP contribution >= 0.6 is 11.8 Å². The zero-order chi connectivity index (χ0) is 16.2. The minimum Gasteiger partial charge on any atom is -0.289 e. The Bertz CT molecular complexity index is 640. The van der Waals surface area contributed by atoms with E-state index in [9.17, 15) is 22.4 Å². The molecule has 2 aromatic carbocycles. The molecule has 0 aliphatic heterocycles. The second-order valence-corrected chi connectivity index (χ2v) is 5.56. The van der Waals surface area contributed by atoms with Crippen molar-refractivity contribution in [2.75, 3.05) is 0 Å². The average Bonchev–Trinajstić information content (AvgIpc) is 2.52. The summed E-state index contributed by atoms with van der Waals surface area (Å²) in [6, 6.07) is 14.7. The van der Waals surface area contributed by atoms with Crippen LogP contribution in [0.25, 0.3) is 0 Å². The minimum absolute atomic E-state index is 0.119. The van der Waals surface area contributed by atoms with E-state index in [1.165, 1.54) is 12.1 Å². The van der Waals surface area contributed by atoms with Gasteiger partial charge in [-0.1, -0.05) is 54.6 Å². The van der Waals surface area contributed by atoms with Crippen LogP contribution in [0, 0.1) is 0 Å². The van der Waals surface area contributed by atoms with Crippen LogP contribution in [0.1, 0.15) is 21.5 Å². The van der Waals surface area contributed by atoms with Gasteiger partial charge in [-0.05, 0) is 5.56 Å². The third-order valence-corrected chi connectivity index (χ3v) is 3.98. The van der Waals surface area contributed by atoms with E-state index in [4.69, 9.17) is 0 Å². The van der Waals surface area contributed by atoms with Gasteiger partial charge in [0.1, 0.15) is 0 Å². The van der Waals surface area contributed by atoms with E-state index in [0.29, 0.717) is 11.1 Å². The largest absolute Gasteiger partial charge is 0.429 e. The highest BCUT2D eigenvalue weighted by Gasteiger charge is 2.40. The Morgan fingerprint density at radius 1 is 1.00 bits per heavy atom. The molecule has 0 heterocycles. The van der Waals surface area contributed by atoms with Crippen LogP contribution in [0.3, 0.4) is 0 Å². The molecular weight excluding hydrogens is 316 g/mol. The Kier molecular flexibility index (Phi) is 5.24. The van der Waals surface area contributed by atoms with Crippen molar-refractivity contribution in [2.24, 2.45) is 0 Å². The van der Waals surface area contributed by atoms with Gasteiger partial charge in [-0.2, -0.15) is 13.2 Å². The molecule has 1 nitrogen and oxygen atoms in total. The Balaban J connectivity index is 2.19. The smallest absolute Gasteiger partial charge is 0.289 e. The zero-order valence-corrected chi connectivity index (χ0v) is 12.1. The van der Waals surface area contributed by atoms with Crippen molar-refractivity contribution in [1.82, 2.24) is 0 Å². The fraction of sp³-hybridized carbons (Fsp3) is 0.188. The topological polar surface area (TPSA) is 17.1 Å². The maximum absolute atomic E-state index is 13.0. The molecule has 1 unspecified atom stereocenters. The number of thioether (sulfide) groups is 1. The highest BCUT2D eigenvalue weighted by Crippen LogP contribution is 2.34. The second-order valence-electron chi connectivity index (χ2n) is 4.52. The monoisotopic (exact) mass is 328 g/mol. The SMILES string of the molecule is O=C(c1ccccc1)c1ccccc1CSC(F)C(F)(F)F. The minimum atomic E-state index is -4.90. The molecule has 0 amide bonds. The first kappa shape index (κ1) is 16.5. The Hall–Kier alpha value is -1.82. The molecule has 0 N–H and O–H groups in total. The average molecular weight is 328 g/mol. The predicted molar refractivity (Wildman–Crippen MR) is 78.6 cm³/mol. The Labute approximate surface area is 129 Å². The number of carbonyl (C=O) groups is 1. The number of rotatable bonds is 5. The van der Waals surface area contributed by atoms with E-state index < -0.39 is 11.7 Å². The summed E-state index contributed by atoms with van der Waals surface area (Å²) in [6.45, 7) is 0. The summed E-state index contributed by atoms with van der Waals surface area (Å²) >= 11 is 0.119. The van der Waals surface area contributed by atoms with Crippen LogP contribution in [-0.4, -0.2) is 17.5 Å². The highest BCUT2D eigenvalue weighted by atomic mass is 32.2. The number of carbonyl (C=O) groups excluding carboxylic acids is 1. The molecule has 0 spiro atoms. The van der Waals surface area contributed by atoms with Gasteiger partial charge in [0.15, 0.2) is 5.78 Å². The molecule has 0 aromatic heterocycles. The van der Waals surface area contributed by atoms with Crippen LogP contribution < -0.4 is 0 Å². The maximum Gasteiger partial charge on any atom is 0.429 e. The molecule has 0 radical (unpaired) electrons. The van der Waals surface area contributed by atoms with Crippen LogP contribution in [0.15, 0.2) is 54.6 Å². The quantitative estimate of drug-likeness (QED) is 0.567. The van der Waals surface area contributed by atoms with Crippen LogP contribution in [0.2, 0.25) is 0 Å². The number of benzene rings is 2. The molecule has 116 valence electrons. The molecular formula is C16H12F4OS. The van der Waals surface area contributed by atoms with Crippen molar-refractivity contribution in [3.05, 3.63) is 71.3 Å². The zero-order valence-electron chi connectivity index (χ0n) is 11.3. The van der Waals surface area contributed by atoms with Gasteiger partial charge >= 0.3 is 6.18 Å². The van der Waals surface area contributed by atoms with E-state index in [1.807, 2.05) is 0 Å². The second kappa shape index (κ2) is 6.96. The van der Waals surface area contributed by atoms with Crippen LogP contribution in [0.4, 0.5) is 17.6 Å².